The first-order valence-corrected chi connectivity index (χ1v) is 5.89. The maximum Gasteiger partial charge on any atom is 0.145 e. The molecule has 1 aromatic heterocycles. The highest BCUT2D eigenvalue weighted by Crippen LogP contribution is 2.13. The molecule has 0 saturated carbocycles. The molecule has 0 aliphatic rings. The molecule has 0 radical (unpaired) electrons. The molecule has 1 atom stereocenters. The van der Waals surface area contributed by atoms with E-state index in [4.69, 9.17) is 0 Å². The number of hydrogen-bond donors (Lipinski definition) is 0. The lowest BCUT2D eigenvalue weighted by Crippen LogP contribution is -2.20. The van der Waals surface area contributed by atoms with Gasteiger partial charge in [-0.15, -0.1) is 0 Å². The molecule has 0 aliphatic carbocycles. The van der Waals surface area contributed by atoms with Crippen LogP contribution in [-0.4, -0.2) is 19.7 Å². The van der Waals surface area contributed by atoms with Gasteiger partial charge in [-0.2, -0.15) is 4.40 Å². The van der Waals surface area contributed by atoms with Gasteiger partial charge < -0.3 is 0 Å². The molecule has 0 saturated heterocycles. The van der Waals surface area contributed by atoms with Gasteiger partial charge in [0.1, 0.15) is 11.0 Å². The number of nitrogens with zero attached hydrogens (tertiary/aromatic N) is 2. The van der Waals surface area contributed by atoms with Crippen LogP contribution in [0.2, 0.25) is 0 Å². The minimum Gasteiger partial charge on any atom is -0.264 e. The Balaban J connectivity index is 2.91. The zero-order valence-corrected chi connectivity index (χ0v) is 10.3. The smallest absolute Gasteiger partial charge is 0.145 e. The molecule has 1 rings (SSSR count). The fraction of sp³-hybridized carbons (Fsp3) is 0.455. The highest BCUT2D eigenvalue weighted by atomic mass is 32.2. The fourth-order valence-corrected chi connectivity index (χ4v) is 1.52. The second kappa shape index (κ2) is 4.66. The molecular formula is C11H16N2OS. The maximum atomic E-state index is 11.8. The summed E-state index contributed by atoms with van der Waals surface area (Å²) in [4.78, 5) is 4.00. The highest BCUT2D eigenvalue weighted by Gasteiger charge is 2.19. The van der Waals surface area contributed by atoms with Crippen LogP contribution in [-0.2, 0) is 11.0 Å². The Morgan fingerprint density at radius 2 is 2.13 bits per heavy atom. The van der Waals surface area contributed by atoms with E-state index < -0.39 is 11.0 Å². The van der Waals surface area contributed by atoms with Gasteiger partial charge in [0.15, 0.2) is 0 Å². The van der Waals surface area contributed by atoms with Gasteiger partial charge in [-0.25, -0.2) is 4.21 Å². The van der Waals surface area contributed by atoms with Gasteiger partial charge in [-0.05, 0) is 33.8 Å². The zero-order chi connectivity index (χ0) is 11.5. The molecule has 15 heavy (non-hydrogen) atoms. The third-order valence-corrected chi connectivity index (χ3v) is 3.31. The number of rotatable bonds is 2. The monoisotopic (exact) mass is 224 g/mol. The number of hydrogen-bond acceptors (Lipinski definition) is 2. The summed E-state index contributed by atoms with van der Waals surface area (Å²) in [6.45, 7) is 7.57. The van der Waals surface area contributed by atoms with E-state index in [9.17, 15) is 4.21 Å². The van der Waals surface area contributed by atoms with Crippen LogP contribution in [0.4, 0.5) is 0 Å². The van der Waals surface area contributed by atoms with Gasteiger partial charge in [-0.1, -0.05) is 6.07 Å². The lowest BCUT2D eigenvalue weighted by Gasteiger charge is -2.13. The van der Waals surface area contributed by atoms with E-state index in [1.165, 1.54) is 0 Å². The van der Waals surface area contributed by atoms with E-state index >= 15 is 0 Å². The van der Waals surface area contributed by atoms with Gasteiger partial charge in [0.2, 0.25) is 0 Å². The summed E-state index contributed by atoms with van der Waals surface area (Å²) in [5, 5.41) is 0. The van der Waals surface area contributed by atoms with Crippen molar-refractivity contribution in [2.45, 2.75) is 32.4 Å². The van der Waals surface area contributed by atoms with Crippen LogP contribution in [0.3, 0.4) is 0 Å². The summed E-state index contributed by atoms with van der Waals surface area (Å²) in [6.07, 6.45) is 3.43. The zero-order valence-electron chi connectivity index (χ0n) is 9.52. The van der Waals surface area contributed by atoms with Gasteiger partial charge in [-0.3, -0.25) is 4.98 Å². The normalized spacial score (nSPS) is 15.1. The minimum absolute atomic E-state index is 0.316. The standard InChI is InChI=1S/C11H16N2OS/c1-9(10-6-5-7-12-8-10)13-15(14)11(2,3)4/h5-8H,1-4H3/b13-9+/t15-/m1/s1. The van der Waals surface area contributed by atoms with Crippen LogP contribution in [0, 0.1) is 0 Å². The van der Waals surface area contributed by atoms with Crippen molar-refractivity contribution in [1.82, 2.24) is 4.98 Å². The van der Waals surface area contributed by atoms with Crippen LogP contribution in [0.1, 0.15) is 33.3 Å². The van der Waals surface area contributed by atoms with E-state index in [-0.39, 0.29) is 4.75 Å². The van der Waals surface area contributed by atoms with Gasteiger partial charge in [0.05, 0.1) is 10.5 Å². The lowest BCUT2D eigenvalue weighted by atomic mass is 10.2. The summed E-state index contributed by atoms with van der Waals surface area (Å²) >= 11 is 0. The first kappa shape index (κ1) is 12.0. The Labute approximate surface area is 93.2 Å². The third kappa shape index (κ3) is 3.55. The third-order valence-electron chi connectivity index (χ3n) is 1.82. The van der Waals surface area contributed by atoms with Crippen LogP contribution in [0.15, 0.2) is 28.9 Å². The summed E-state index contributed by atoms with van der Waals surface area (Å²) in [7, 11) is -1.21. The summed E-state index contributed by atoms with van der Waals surface area (Å²) in [6, 6.07) is 3.75. The molecule has 0 fully saturated rings. The topological polar surface area (TPSA) is 42.3 Å². The van der Waals surface area contributed by atoms with Crippen molar-refractivity contribution >= 4 is 16.7 Å². The largest absolute Gasteiger partial charge is 0.264 e. The van der Waals surface area contributed by atoms with Crippen molar-refractivity contribution in [1.29, 1.82) is 0 Å². The average Bonchev–Trinajstić information content (AvgIpc) is 2.17. The van der Waals surface area contributed by atoms with Gasteiger partial charge >= 0.3 is 0 Å². The quantitative estimate of drug-likeness (QED) is 0.724. The van der Waals surface area contributed by atoms with E-state index in [2.05, 4.69) is 9.38 Å². The van der Waals surface area contributed by atoms with E-state index in [0.29, 0.717) is 0 Å². The van der Waals surface area contributed by atoms with E-state index in [0.717, 1.165) is 11.3 Å². The molecule has 3 nitrogen and oxygen atoms in total. The summed E-state index contributed by atoms with van der Waals surface area (Å²) < 4.78 is 15.6. The Kier molecular flexibility index (Phi) is 3.74. The summed E-state index contributed by atoms with van der Waals surface area (Å²) in [5.41, 5.74) is 1.67. The van der Waals surface area contributed by atoms with Crippen molar-refractivity contribution in [3.05, 3.63) is 30.1 Å². The predicted molar refractivity (Wildman–Crippen MR) is 64.3 cm³/mol. The van der Waals surface area contributed by atoms with E-state index in [1.807, 2.05) is 39.8 Å². The first-order chi connectivity index (χ1) is 6.91. The van der Waals surface area contributed by atoms with Gasteiger partial charge in [0.25, 0.3) is 0 Å². The second-order valence-corrected chi connectivity index (χ2v) is 6.19. The number of pyridine rings is 1. The van der Waals surface area contributed by atoms with Crippen LogP contribution >= 0.6 is 0 Å². The summed E-state index contributed by atoms with van der Waals surface area (Å²) in [5.74, 6) is 0. The first-order valence-electron chi connectivity index (χ1n) is 4.79. The Hall–Kier alpha value is -1.03. The predicted octanol–water partition coefficient (Wildman–Crippen LogP) is 2.35. The van der Waals surface area contributed by atoms with Crippen molar-refractivity contribution in [2.24, 2.45) is 4.40 Å². The van der Waals surface area contributed by atoms with Crippen molar-refractivity contribution in [3.8, 4) is 0 Å². The minimum atomic E-state index is -1.21. The Morgan fingerprint density at radius 1 is 1.47 bits per heavy atom. The number of aromatic nitrogens is 1. The maximum absolute atomic E-state index is 11.8. The second-order valence-electron chi connectivity index (χ2n) is 4.28. The molecule has 1 heterocycles. The van der Waals surface area contributed by atoms with E-state index in [1.54, 1.807) is 12.4 Å². The molecule has 4 heteroatoms. The SMILES string of the molecule is C/C(=N\[S@](=O)C(C)(C)C)c1cccnc1. The molecule has 0 bridgehead atoms. The van der Waals surface area contributed by atoms with Gasteiger partial charge in [0, 0.05) is 18.0 Å². The molecule has 0 N–H and O–H groups in total. The van der Waals surface area contributed by atoms with Crippen molar-refractivity contribution < 1.29 is 4.21 Å². The molecule has 0 aromatic carbocycles. The fourth-order valence-electron chi connectivity index (χ4n) is 0.891. The molecule has 0 amide bonds. The molecule has 1 aromatic rings. The Morgan fingerprint density at radius 3 is 2.60 bits per heavy atom. The van der Waals surface area contributed by atoms with Crippen LogP contribution in [0.5, 0.6) is 0 Å². The van der Waals surface area contributed by atoms with Crippen molar-refractivity contribution in [2.75, 3.05) is 0 Å². The lowest BCUT2D eigenvalue weighted by molar-refractivity contribution is 0.650. The Bertz CT molecular complexity index is 379. The molecule has 0 spiro atoms. The molecule has 82 valence electrons. The highest BCUT2D eigenvalue weighted by molar-refractivity contribution is 7.85. The van der Waals surface area contributed by atoms with Crippen molar-refractivity contribution in [3.63, 3.8) is 0 Å². The van der Waals surface area contributed by atoms with Crippen LogP contribution in [0.25, 0.3) is 0 Å². The average molecular weight is 224 g/mol. The molecule has 0 aliphatic heterocycles. The molecular weight excluding hydrogens is 208 g/mol. The van der Waals surface area contributed by atoms with Crippen LogP contribution < -0.4 is 0 Å². The molecule has 0 unspecified atom stereocenters.